The van der Waals surface area contributed by atoms with E-state index in [1.807, 2.05) is 11.6 Å². The van der Waals surface area contributed by atoms with E-state index >= 15 is 0 Å². The minimum absolute atomic E-state index is 0.139. The third-order valence-electron chi connectivity index (χ3n) is 4.12. The van der Waals surface area contributed by atoms with Gasteiger partial charge in [0.05, 0.1) is 5.69 Å². The first-order chi connectivity index (χ1) is 12.8. The van der Waals surface area contributed by atoms with E-state index in [2.05, 4.69) is 35.1 Å². The molecule has 1 aliphatic rings. The molecule has 0 aliphatic carbocycles. The highest BCUT2D eigenvalue weighted by molar-refractivity contribution is 7.13. The lowest BCUT2D eigenvalue weighted by molar-refractivity contribution is 0.0949. The van der Waals surface area contributed by atoms with Crippen LogP contribution in [0, 0.1) is 0 Å². The smallest absolute Gasteiger partial charge is 0.271 e. The van der Waals surface area contributed by atoms with E-state index in [0.29, 0.717) is 24.5 Å². The number of rotatable bonds is 5. The largest absolute Gasteiger partial charge is 0.350 e. The Balaban J connectivity index is 1.32. The third kappa shape index (κ3) is 3.78. The van der Waals surface area contributed by atoms with Crippen LogP contribution in [-0.4, -0.2) is 50.0 Å². The van der Waals surface area contributed by atoms with Crippen LogP contribution in [0.15, 0.2) is 30.0 Å². The molecule has 0 unspecified atom stereocenters. The highest BCUT2D eigenvalue weighted by Gasteiger charge is 2.15. The quantitative estimate of drug-likeness (QED) is 0.694. The zero-order valence-electron chi connectivity index (χ0n) is 14.2. The van der Waals surface area contributed by atoms with Crippen LogP contribution in [0.25, 0.3) is 10.8 Å². The average molecular weight is 369 g/mol. The average Bonchev–Trinajstić information content (AvgIpc) is 3.25. The van der Waals surface area contributed by atoms with E-state index in [1.54, 1.807) is 18.5 Å². The van der Waals surface area contributed by atoms with Gasteiger partial charge < -0.3 is 15.2 Å². The van der Waals surface area contributed by atoms with Gasteiger partial charge in [0.1, 0.15) is 11.5 Å². The highest BCUT2D eigenvalue weighted by Crippen LogP contribution is 2.19. The highest BCUT2D eigenvalue weighted by atomic mass is 32.1. The summed E-state index contributed by atoms with van der Waals surface area (Å²) in [6.45, 7) is 3.16. The van der Waals surface area contributed by atoms with Crippen molar-refractivity contribution in [1.82, 2.24) is 35.1 Å². The van der Waals surface area contributed by atoms with Gasteiger partial charge in [0.25, 0.3) is 5.91 Å². The topological polar surface area (TPSA) is 97.6 Å². The van der Waals surface area contributed by atoms with Crippen molar-refractivity contribution in [2.45, 2.75) is 19.4 Å². The SMILES string of the molecule is O=C(NCCc1csc(-c2ncccn2)n1)c1cn2c(n1)CCNCC2. The van der Waals surface area contributed by atoms with Gasteiger partial charge in [-0.3, -0.25) is 4.79 Å². The van der Waals surface area contributed by atoms with Crippen molar-refractivity contribution in [2.24, 2.45) is 0 Å². The Labute approximate surface area is 154 Å². The minimum Gasteiger partial charge on any atom is -0.350 e. The van der Waals surface area contributed by atoms with Gasteiger partial charge in [-0.25, -0.2) is 19.9 Å². The van der Waals surface area contributed by atoms with Crippen LogP contribution in [0.4, 0.5) is 0 Å². The maximum absolute atomic E-state index is 12.3. The van der Waals surface area contributed by atoms with Crippen LogP contribution >= 0.6 is 11.3 Å². The van der Waals surface area contributed by atoms with Crippen molar-refractivity contribution in [3.05, 3.63) is 47.2 Å². The summed E-state index contributed by atoms with van der Waals surface area (Å²) >= 11 is 1.51. The Morgan fingerprint density at radius 2 is 2.15 bits per heavy atom. The molecule has 0 atom stereocenters. The summed E-state index contributed by atoms with van der Waals surface area (Å²) in [6.07, 6.45) is 6.74. The number of nitrogens with one attached hydrogen (secondary N) is 2. The first-order valence-electron chi connectivity index (χ1n) is 8.56. The molecule has 134 valence electrons. The lowest BCUT2D eigenvalue weighted by Crippen LogP contribution is -2.26. The van der Waals surface area contributed by atoms with Crippen LogP contribution in [0.5, 0.6) is 0 Å². The van der Waals surface area contributed by atoms with E-state index in [9.17, 15) is 4.79 Å². The number of imidazole rings is 1. The number of carbonyl (C=O) groups excluding carboxylic acids is 1. The summed E-state index contributed by atoms with van der Waals surface area (Å²) in [5.41, 5.74) is 1.41. The predicted octanol–water partition coefficient (Wildman–Crippen LogP) is 0.915. The summed E-state index contributed by atoms with van der Waals surface area (Å²) < 4.78 is 2.06. The zero-order valence-corrected chi connectivity index (χ0v) is 15.0. The molecule has 0 spiro atoms. The van der Waals surface area contributed by atoms with Crippen molar-refractivity contribution in [1.29, 1.82) is 0 Å². The van der Waals surface area contributed by atoms with Crippen molar-refractivity contribution in [2.75, 3.05) is 19.6 Å². The summed E-state index contributed by atoms with van der Waals surface area (Å²) in [5, 5.41) is 9.01. The molecule has 0 radical (unpaired) electrons. The summed E-state index contributed by atoms with van der Waals surface area (Å²) in [5.74, 6) is 1.45. The van der Waals surface area contributed by atoms with Gasteiger partial charge in [0.2, 0.25) is 0 Å². The Morgan fingerprint density at radius 1 is 1.27 bits per heavy atom. The molecule has 1 aliphatic heterocycles. The molecule has 1 amide bonds. The number of amides is 1. The third-order valence-corrected chi connectivity index (χ3v) is 5.01. The zero-order chi connectivity index (χ0) is 17.8. The minimum atomic E-state index is -0.139. The second kappa shape index (κ2) is 7.71. The molecule has 4 heterocycles. The fourth-order valence-corrected chi connectivity index (χ4v) is 3.61. The molecule has 0 fully saturated rings. The van der Waals surface area contributed by atoms with Gasteiger partial charge in [-0.1, -0.05) is 0 Å². The molecule has 26 heavy (non-hydrogen) atoms. The summed E-state index contributed by atoms with van der Waals surface area (Å²) in [4.78, 5) is 29.7. The van der Waals surface area contributed by atoms with Crippen LogP contribution in [-0.2, 0) is 19.4 Å². The Morgan fingerprint density at radius 3 is 3.04 bits per heavy atom. The molecule has 0 saturated carbocycles. The van der Waals surface area contributed by atoms with Crippen molar-refractivity contribution >= 4 is 17.2 Å². The number of carbonyl (C=O) groups is 1. The number of thiazole rings is 1. The Bertz CT molecular complexity index is 866. The van der Waals surface area contributed by atoms with Gasteiger partial charge in [-0.2, -0.15) is 0 Å². The number of hydrogen-bond donors (Lipinski definition) is 2. The van der Waals surface area contributed by atoms with Crippen LogP contribution in [0.1, 0.15) is 22.0 Å². The van der Waals surface area contributed by atoms with E-state index in [-0.39, 0.29) is 5.91 Å². The van der Waals surface area contributed by atoms with Crippen LogP contribution in [0.2, 0.25) is 0 Å². The molecule has 3 aromatic heterocycles. The molecule has 9 heteroatoms. The lowest BCUT2D eigenvalue weighted by Gasteiger charge is -2.01. The lowest BCUT2D eigenvalue weighted by atomic mass is 10.3. The molecule has 0 saturated heterocycles. The molecule has 3 aromatic rings. The molecular weight excluding hydrogens is 350 g/mol. The summed E-state index contributed by atoms with van der Waals surface area (Å²) in [6, 6.07) is 1.78. The molecule has 0 aromatic carbocycles. The molecule has 4 rings (SSSR count). The second-order valence-corrected chi connectivity index (χ2v) is 6.82. The molecular formula is C17H19N7OS. The van der Waals surface area contributed by atoms with Gasteiger partial charge in [-0.15, -0.1) is 11.3 Å². The number of aromatic nitrogens is 5. The molecule has 2 N–H and O–H groups in total. The van der Waals surface area contributed by atoms with Gasteiger partial charge >= 0.3 is 0 Å². The monoisotopic (exact) mass is 369 g/mol. The van der Waals surface area contributed by atoms with E-state index in [1.165, 1.54) is 11.3 Å². The number of fused-ring (bicyclic) bond motifs is 1. The number of hydrogen-bond acceptors (Lipinski definition) is 7. The molecule has 8 nitrogen and oxygen atoms in total. The Hall–Kier alpha value is -2.65. The van der Waals surface area contributed by atoms with Crippen molar-refractivity contribution < 1.29 is 4.79 Å². The fourth-order valence-electron chi connectivity index (χ4n) is 2.81. The van der Waals surface area contributed by atoms with Gasteiger partial charge in [0.15, 0.2) is 10.8 Å². The van der Waals surface area contributed by atoms with E-state index < -0.39 is 0 Å². The Kier molecular flexibility index (Phi) is 4.98. The maximum atomic E-state index is 12.3. The fraction of sp³-hybridized carbons (Fsp3) is 0.353. The van der Waals surface area contributed by atoms with Crippen molar-refractivity contribution in [3.8, 4) is 10.8 Å². The van der Waals surface area contributed by atoms with Crippen molar-refractivity contribution in [3.63, 3.8) is 0 Å². The predicted molar refractivity (Wildman–Crippen MR) is 98.0 cm³/mol. The number of nitrogens with zero attached hydrogens (tertiary/aromatic N) is 5. The van der Waals surface area contributed by atoms with Crippen LogP contribution in [0.3, 0.4) is 0 Å². The second-order valence-electron chi connectivity index (χ2n) is 5.96. The normalized spacial score (nSPS) is 13.8. The maximum Gasteiger partial charge on any atom is 0.271 e. The first-order valence-corrected chi connectivity index (χ1v) is 9.44. The van der Waals surface area contributed by atoms with Crippen LogP contribution < -0.4 is 10.6 Å². The standard InChI is InChI=1S/C17H19N7OS/c25-16(13-10-24-9-8-18-6-3-14(24)23-13)21-7-2-12-11-26-17(22-12)15-19-4-1-5-20-15/h1,4-5,10-11,18H,2-3,6-9H2,(H,21,25). The molecule has 0 bridgehead atoms. The van der Waals surface area contributed by atoms with E-state index in [0.717, 1.165) is 42.6 Å². The van der Waals surface area contributed by atoms with Gasteiger partial charge in [0, 0.05) is 63.0 Å². The first kappa shape index (κ1) is 16.8. The summed E-state index contributed by atoms with van der Waals surface area (Å²) in [7, 11) is 0. The van der Waals surface area contributed by atoms with E-state index in [4.69, 9.17) is 0 Å². The van der Waals surface area contributed by atoms with Gasteiger partial charge in [-0.05, 0) is 6.07 Å².